The molecule has 0 aromatic rings. The largest absolute Gasteiger partial charge is 0.215 e. The topological polar surface area (TPSA) is 46.2 Å². The fraction of sp³-hybridized carbons (Fsp3) is 1.00. The Kier molecular flexibility index (Phi) is 9.55. The minimum atomic E-state index is -3.02. The second-order valence-electron chi connectivity index (χ2n) is 3.67. The van der Waals surface area contributed by atoms with Crippen molar-refractivity contribution in [3.8, 4) is 0 Å². The predicted octanol–water partition coefficient (Wildman–Crippen LogP) is 2.51. The average molecular weight is 256 g/mol. The maximum Gasteiger partial charge on any atom is 0.211 e. The fourth-order valence-corrected chi connectivity index (χ4v) is 2.59. The number of hydrogen-bond donors (Lipinski definition) is 1. The first-order valence-electron chi connectivity index (χ1n) is 5.65. The molecular formula is C10H22ClNO2S. The SMILES string of the molecule is CCCCNS(=O)(=O)CCCCCCCl. The molecule has 0 rings (SSSR count). The normalized spacial score (nSPS) is 11.9. The molecule has 0 aliphatic rings. The molecule has 92 valence electrons. The molecule has 0 fully saturated rings. The Hall–Kier alpha value is 0.200. The molecule has 0 aromatic carbocycles. The second-order valence-corrected chi connectivity index (χ2v) is 5.97. The smallest absolute Gasteiger partial charge is 0.211 e. The third kappa shape index (κ3) is 10.5. The Bertz CT molecular complexity index is 230. The molecule has 0 heterocycles. The molecule has 0 bridgehead atoms. The molecule has 1 N–H and O–H groups in total. The molecule has 0 atom stereocenters. The highest BCUT2D eigenvalue weighted by molar-refractivity contribution is 7.89. The Morgan fingerprint density at radius 3 is 2.33 bits per heavy atom. The van der Waals surface area contributed by atoms with E-state index < -0.39 is 10.0 Å². The van der Waals surface area contributed by atoms with Crippen LogP contribution in [-0.4, -0.2) is 26.6 Å². The zero-order valence-electron chi connectivity index (χ0n) is 9.47. The van der Waals surface area contributed by atoms with Gasteiger partial charge in [0.05, 0.1) is 5.75 Å². The van der Waals surface area contributed by atoms with Gasteiger partial charge in [0.15, 0.2) is 0 Å². The molecule has 0 radical (unpaired) electrons. The van der Waals surface area contributed by atoms with E-state index in [1.54, 1.807) is 0 Å². The maximum atomic E-state index is 11.4. The van der Waals surface area contributed by atoms with Crippen molar-refractivity contribution in [2.45, 2.75) is 45.4 Å². The average Bonchev–Trinajstić information content (AvgIpc) is 2.17. The lowest BCUT2D eigenvalue weighted by Gasteiger charge is -2.05. The van der Waals surface area contributed by atoms with Crippen LogP contribution in [0.5, 0.6) is 0 Å². The van der Waals surface area contributed by atoms with Crippen molar-refractivity contribution in [1.29, 1.82) is 0 Å². The highest BCUT2D eigenvalue weighted by Crippen LogP contribution is 2.02. The van der Waals surface area contributed by atoms with E-state index in [1.165, 1.54) is 0 Å². The van der Waals surface area contributed by atoms with Crippen molar-refractivity contribution in [3.05, 3.63) is 0 Å². The summed E-state index contributed by atoms with van der Waals surface area (Å²) in [6, 6.07) is 0. The van der Waals surface area contributed by atoms with Gasteiger partial charge in [-0.1, -0.05) is 26.2 Å². The van der Waals surface area contributed by atoms with Gasteiger partial charge in [-0.15, -0.1) is 11.6 Å². The highest BCUT2D eigenvalue weighted by Gasteiger charge is 2.07. The van der Waals surface area contributed by atoms with Crippen molar-refractivity contribution < 1.29 is 8.42 Å². The molecular weight excluding hydrogens is 234 g/mol. The lowest BCUT2D eigenvalue weighted by molar-refractivity contribution is 0.572. The van der Waals surface area contributed by atoms with E-state index in [0.717, 1.165) is 38.5 Å². The Morgan fingerprint density at radius 1 is 1.07 bits per heavy atom. The van der Waals surface area contributed by atoms with Crippen LogP contribution in [0.15, 0.2) is 0 Å². The Labute approximate surface area is 98.6 Å². The van der Waals surface area contributed by atoms with E-state index in [2.05, 4.69) is 4.72 Å². The van der Waals surface area contributed by atoms with Gasteiger partial charge in [-0.25, -0.2) is 13.1 Å². The summed E-state index contributed by atoms with van der Waals surface area (Å²) in [4.78, 5) is 0. The first-order chi connectivity index (χ1) is 7.12. The Balaban J connectivity index is 3.47. The summed E-state index contributed by atoms with van der Waals surface area (Å²) >= 11 is 5.52. The molecule has 0 saturated carbocycles. The molecule has 0 aliphatic heterocycles. The van der Waals surface area contributed by atoms with Crippen LogP contribution in [0.4, 0.5) is 0 Å². The van der Waals surface area contributed by atoms with Crippen LogP contribution in [0.3, 0.4) is 0 Å². The van der Waals surface area contributed by atoms with Gasteiger partial charge in [-0.2, -0.15) is 0 Å². The van der Waals surface area contributed by atoms with Crippen LogP contribution in [0.2, 0.25) is 0 Å². The van der Waals surface area contributed by atoms with Crippen LogP contribution in [-0.2, 0) is 10.0 Å². The first kappa shape index (κ1) is 15.2. The molecule has 0 unspecified atom stereocenters. The van der Waals surface area contributed by atoms with Crippen LogP contribution in [0, 0.1) is 0 Å². The van der Waals surface area contributed by atoms with E-state index in [4.69, 9.17) is 11.6 Å². The summed E-state index contributed by atoms with van der Waals surface area (Å²) in [5.74, 6) is 0.917. The molecule has 0 aliphatic carbocycles. The standard InChI is InChI=1S/C10H22ClNO2S/c1-2-3-9-12-15(13,14)10-7-5-4-6-8-11/h12H,2-10H2,1H3. The molecule has 5 heteroatoms. The van der Waals surface area contributed by atoms with Crippen molar-refractivity contribution in [3.63, 3.8) is 0 Å². The summed E-state index contributed by atoms with van der Waals surface area (Å²) in [6.07, 6.45) is 5.60. The van der Waals surface area contributed by atoms with E-state index >= 15 is 0 Å². The van der Waals surface area contributed by atoms with Crippen LogP contribution >= 0.6 is 11.6 Å². The molecule has 0 spiro atoms. The molecule has 0 aromatic heterocycles. The summed E-state index contributed by atoms with van der Waals surface area (Å²) in [5, 5.41) is 0. The lowest BCUT2D eigenvalue weighted by atomic mass is 10.2. The number of alkyl halides is 1. The van der Waals surface area contributed by atoms with E-state index in [1.807, 2.05) is 6.92 Å². The molecule has 3 nitrogen and oxygen atoms in total. The van der Waals surface area contributed by atoms with Crippen molar-refractivity contribution >= 4 is 21.6 Å². The number of halogens is 1. The number of nitrogens with one attached hydrogen (secondary N) is 1. The van der Waals surface area contributed by atoms with Crippen molar-refractivity contribution in [2.75, 3.05) is 18.2 Å². The monoisotopic (exact) mass is 255 g/mol. The van der Waals surface area contributed by atoms with Crippen molar-refractivity contribution in [2.24, 2.45) is 0 Å². The van der Waals surface area contributed by atoms with Crippen molar-refractivity contribution in [1.82, 2.24) is 4.72 Å². The summed E-state index contributed by atoms with van der Waals surface area (Å²) in [5.41, 5.74) is 0. The van der Waals surface area contributed by atoms with E-state index in [0.29, 0.717) is 12.4 Å². The fourth-order valence-electron chi connectivity index (χ4n) is 1.22. The van der Waals surface area contributed by atoms with Gasteiger partial charge in [0.25, 0.3) is 0 Å². The van der Waals surface area contributed by atoms with Crippen LogP contribution in [0.1, 0.15) is 45.4 Å². The maximum absolute atomic E-state index is 11.4. The van der Waals surface area contributed by atoms with Gasteiger partial charge in [0, 0.05) is 12.4 Å². The van der Waals surface area contributed by atoms with Gasteiger partial charge in [-0.05, 0) is 19.3 Å². The number of unbranched alkanes of at least 4 members (excludes halogenated alkanes) is 4. The third-order valence-electron chi connectivity index (χ3n) is 2.15. The van der Waals surface area contributed by atoms with E-state index in [-0.39, 0.29) is 5.75 Å². The minimum absolute atomic E-state index is 0.249. The van der Waals surface area contributed by atoms with Gasteiger partial charge >= 0.3 is 0 Å². The van der Waals surface area contributed by atoms with Gasteiger partial charge in [-0.3, -0.25) is 0 Å². The number of rotatable bonds is 10. The second kappa shape index (κ2) is 9.43. The lowest BCUT2D eigenvalue weighted by Crippen LogP contribution is -2.27. The summed E-state index contributed by atoms with van der Waals surface area (Å²) in [6.45, 7) is 2.61. The van der Waals surface area contributed by atoms with Crippen LogP contribution < -0.4 is 4.72 Å². The van der Waals surface area contributed by atoms with Gasteiger partial charge < -0.3 is 0 Å². The first-order valence-corrected chi connectivity index (χ1v) is 7.84. The van der Waals surface area contributed by atoms with E-state index in [9.17, 15) is 8.42 Å². The van der Waals surface area contributed by atoms with Gasteiger partial charge in [0.2, 0.25) is 10.0 Å². The zero-order chi connectivity index (χ0) is 11.6. The molecule has 15 heavy (non-hydrogen) atoms. The Morgan fingerprint density at radius 2 is 1.73 bits per heavy atom. The van der Waals surface area contributed by atoms with Gasteiger partial charge in [0.1, 0.15) is 0 Å². The quantitative estimate of drug-likeness (QED) is 0.482. The summed E-state index contributed by atoms with van der Waals surface area (Å²) < 4.78 is 25.4. The summed E-state index contributed by atoms with van der Waals surface area (Å²) in [7, 11) is -3.02. The third-order valence-corrected chi connectivity index (χ3v) is 3.89. The molecule has 0 amide bonds. The number of hydrogen-bond acceptors (Lipinski definition) is 2. The predicted molar refractivity (Wildman–Crippen MR) is 65.9 cm³/mol. The van der Waals surface area contributed by atoms with Crippen LogP contribution in [0.25, 0.3) is 0 Å². The molecule has 0 saturated heterocycles. The minimum Gasteiger partial charge on any atom is -0.215 e. The number of sulfonamides is 1. The zero-order valence-corrected chi connectivity index (χ0v) is 11.0. The highest BCUT2D eigenvalue weighted by atomic mass is 35.5.